The van der Waals surface area contributed by atoms with Gasteiger partial charge in [0.05, 0.1) is 19.8 Å². The molecule has 1 aliphatic rings. The molecule has 1 heterocycles. The number of nitrogens with one attached hydrogen (secondary N) is 1. The molecular formula is C18H32N2O6. The van der Waals surface area contributed by atoms with E-state index < -0.39 is 35.7 Å². The van der Waals surface area contributed by atoms with Crippen LogP contribution in [0.1, 0.15) is 53.9 Å². The molecule has 0 aromatic carbocycles. The maximum absolute atomic E-state index is 12.6. The van der Waals surface area contributed by atoms with Crippen molar-refractivity contribution in [1.82, 2.24) is 10.2 Å². The maximum atomic E-state index is 12.6. The number of unbranched alkanes of at least 4 members (excludes halogenated alkanes) is 1. The van der Waals surface area contributed by atoms with Gasteiger partial charge in [0.25, 0.3) is 0 Å². The lowest BCUT2D eigenvalue weighted by molar-refractivity contribution is -0.145. The molecule has 8 nitrogen and oxygen atoms in total. The van der Waals surface area contributed by atoms with Gasteiger partial charge in [0.15, 0.2) is 0 Å². The summed E-state index contributed by atoms with van der Waals surface area (Å²) in [6.07, 6.45) is 1.48. The molecule has 8 heteroatoms. The Labute approximate surface area is 155 Å². The average molecular weight is 372 g/mol. The van der Waals surface area contributed by atoms with Gasteiger partial charge in [-0.25, -0.2) is 9.59 Å². The van der Waals surface area contributed by atoms with Crippen molar-refractivity contribution < 1.29 is 28.6 Å². The zero-order valence-electron chi connectivity index (χ0n) is 16.7. The highest BCUT2D eigenvalue weighted by molar-refractivity contribution is 5.90. The molecule has 0 bridgehead atoms. The van der Waals surface area contributed by atoms with Gasteiger partial charge in [-0.05, 0) is 34.1 Å². The van der Waals surface area contributed by atoms with Crippen molar-refractivity contribution in [1.29, 1.82) is 0 Å². The molecule has 3 atom stereocenters. The monoisotopic (exact) mass is 372 g/mol. The molecule has 0 spiro atoms. The summed E-state index contributed by atoms with van der Waals surface area (Å²) in [6.45, 7) is 9.76. The van der Waals surface area contributed by atoms with E-state index in [1.165, 1.54) is 18.9 Å². The average Bonchev–Trinajstić information content (AvgIpc) is 2.97. The van der Waals surface area contributed by atoms with Crippen LogP contribution in [-0.4, -0.2) is 66.9 Å². The van der Waals surface area contributed by atoms with Gasteiger partial charge in [-0.1, -0.05) is 13.3 Å². The molecule has 1 fully saturated rings. The minimum absolute atomic E-state index is 0.238. The van der Waals surface area contributed by atoms with E-state index >= 15 is 0 Å². The molecule has 0 aromatic rings. The van der Waals surface area contributed by atoms with E-state index in [0.29, 0.717) is 13.0 Å². The number of hydrogen-bond acceptors (Lipinski definition) is 6. The van der Waals surface area contributed by atoms with Crippen molar-refractivity contribution in [2.24, 2.45) is 0 Å². The Hall–Kier alpha value is -1.83. The van der Waals surface area contributed by atoms with E-state index in [1.54, 1.807) is 20.8 Å². The molecule has 0 unspecified atom stereocenters. The Kier molecular flexibility index (Phi) is 8.33. The lowest BCUT2D eigenvalue weighted by Gasteiger charge is -2.28. The molecule has 1 rings (SSSR count). The first-order chi connectivity index (χ1) is 12.1. The highest BCUT2D eigenvalue weighted by Gasteiger charge is 2.42. The van der Waals surface area contributed by atoms with Gasteiger partial charge >= 0.3 is 12.1 Å². The molecule has 0 aliphatic carbocycles. The number of carbonyl (C=O) groups excluding carboxylic acids is 3. The van der Waals surface area contributed by atoms with E-state index in [-0.39, 0.29) is 12.6 Å². The van der Waals surface area contributed by atoms with Crippen molar-refractivity contribution in [3.05, 3.63) is 0 Å². The van der Waals surface area contributed by atoms with Crippen LogP contribution in [0.5, 0.6) is 0 Å². The molecule has 0 aromatic heterocycles. The first kappa shape index (κ1) is 22.2. The maximum Gasteiger partial charge on any atom is 0.411 e. The third-order valence-corrected chi connectivity index (χ3v) is 3.96. The minimum atomic E-state index is -0.798. The number of methoxy groups -OCH3 is 1. The van der Waals surface area contributed by atoms with Crippen molar-refractivity contribution in [3.63, 3.8) is 0 Å². The Morgan fingerprint density at radius 3 is 2.46 bits per heavy atom. The van der Waals surface area contributed by atoms with E-state index in [2.05, 4.69) is 17.0 Å². The smallest absolute Gasteiger partial charge is 0.411 e. The van der Waals surface area contributed by atoms with Crippen LogP contribution in [-0.2, 0) is 23.8 Å². The molecule has 0 saturated carbocycles. The van der Waals surface area contributed by atoms with Crippen molar-refractivity contribution in [3.8, 4) is 0 Å². The van der Waals surface area contributed by atoms with Gasteiger partial charge in [-0.15, -0.1) is 0 Å². The second-order valence-electron chi connectivity index (χ2n) is 7.48. The summed E-state index contributed by atoms with van der Waals surface area (Å²) in [5.41, 5.74) is -0.668. The zero-order chi connectivity index (χ0) is 19.9. The fourth-order valence-corrected chi connectivity index (χ4v) is 2.63. The third kappa shape index (κ3) is 6.82. The Bertz CT molecular complexity index is 502. The van der Waals surface area contributed by atoms with Crippen LogP contribution in [0.2, 0.25) is 0 Å². The normalized spacial score (nSPS) is 21.2. The van der Waals surface area contributed by atoms with Crippen molar-refractivity contribution >= 4 is 18.0 Å². The van der Waals surface area contributed by atoms with Crippen LogP contribution in [0.25, 0.3) is 0 Å². The molecule has 1 aliphatic heterocycles. The Morgan fingerprint density at radius 2 is 1.92 bits per heavy atom. The summed E-state index contributed by atoms with van der Waals surface area (Å²) in [7, 11) is 1.26. The third-order valence-electron chi connectivity index (χ3n) is 3.96. The minimum Gasteiger partial charge on any atom is -0.467 e. The standard InChI is InChI=1S/C18H32N2O6/c1-7-8-9-25-13-10-14(15(21)19-12(2)16(22)24-6)20(11-13)17(23)26-18(3,4)5/h12-14H,7-11H2,1-6H3,(H,19,21)/t12-,13-,14+/m1/s1. The number of nitrogens with zero attached hydrogens (tertiary/aromatic N) is 1. The van der Waals surface area contributed by atoms with Gasteiger partial charge in [-0.2, -0.15) is 0 Å². The van der Waals surface area contributed by atoms with E-state index in [1.807, 2.05) is 0 Å². The van der Waals surface area contributed by atoms with Crippen LogP contribution in [0.4, 0.5) is 4.79 Å². The number of ether oxygens (including phenoxy) is 3. The molecule has 0 radical (unpaired) electrons. The number of carbonyl (C=O) groups is 3. The van der Waals surface area contributed by atoms with Gasteiger partial charge in [0.1, 0.15) is 17.7 Å². The highest BCUT2D eigenvalue weighted by atomic mass is 16.6. The van der Waals surface area contributed by atoms with Crippen LogP contribution < -0.4 is 5.32 Å². The predicted octanol–water partition coefficient (Wildman–Crippen LogP) is 1.86. The van der Waals surface area contributed by atoms with Gasteiger partial charge in [0, 0.05) is 13.0 Å². The fourth-order valence-electron chi connectivity index (χ4n) is 2.63. The Balaban J connectivity index is 2.82. The van der Waals surface area contributed by atoms with Crippen molar-refractivity contribution in [2.45, 2.75) is 77.7 Å². The molecule has 26 heavy (non-hydrogen) atoms. The highest BCUT2D eigenvalue weighted by Crippen LogP contribution is 2.24. The van der Waals surface area contributed by atoms with E-state index in [9.17, 15) is 14.4 Å². The molecule has 150 valence electrons. The van der Waals surface area contributed by atoms with E-state index in [0.717, 1.165) is 12.8 Å². The van der Waals surface area contributed by atoms with Gasteiger partial charge in [-0.3, -0.25) is 9.69 Å². The summed E-state index contributed by atoms with van der Waals surface area (Å²) in [6, 6.07) is -1.54. The molecule has 1 saturated heterocycles. The van der Waals surface area contributed by atoms with Crippen molar-refractivity contribution in [2.75, 3.05) is 20.3 Å². The second kappa shape index (κ2) is 9.75. The number of rotatable bonds is 7. The molecule has 2 amide bonds. The number of amides is 2. The first-order valence-corrected chi connectivity index (χ1v) is 9.08. The Morgan fingerprint density at radius 1 is 1.27 bits per heavy atom. The van der Waals surface area contributed by atoms with Crippen LogP contribution in [0, 0.1) is 0 Å². The van der Waals surface area contributed by atoms with Gasteiger partial charge in [0.2, 0.25) is 5.91 Å². The summed E-state index contributed by atoms with van der Waals surface area (Å²) in [5.74, 6) is -0.966. The number of esters is 1. The van der Waals surface area contributed by atoms with Crippen LogP contribution >= 0.6 is 0 Å². The molecular weight excluding hydrogens is 340 g/mol. The van der Waals surface area contributed by atoms with Crippen LogP contribution in [0.15, 0.2) is 0 Å². The lowest BCUT2D eigenvalue weighted by atomic mass is 10.1. The van der Waals surface area contributed by atoms with Gasteiger partial charge < -0.3 is 19.5 Å². The number of likely N-dealkylation sites (tertiary alicyclic amines) is 1. The summed E-state index contributed by atoms with van der Waals surface area (Å²) < 4.78 is 15.8. The fraction of sp³-hybridized carbons (Fsp3) is 0.833. The lowest BCUT2D eigenvalue weighted by Crippen LogP contribution is -2.51. The quantitative estimate of drug-likeness (QED) is 0.541. The largest absolute Gasteiger partial charge is 0.467 e. The predicted molar refractivity (Wildman–Crippen MR) is 95.6 cm³/mol. The summed E-state index contributed by atoms with van der Waals surface area (Å²) in [5, 5.41) is 2.59. The summed E-state index contributed by atoms with van der Waals surface area (Å²) in [4.78, 5) is 38.0. The SMILES string of the molecule is CCCCO[C@@H]1C[C@@H](C(=O)N[C@H](C)C(=O)OC)N(C(=O)OC(C)(C)C)C1. The van der Waals surface area contributed by atoms with E-state index in [4.69, 9.17) is 9.47 Å². The van der Waals surface area contributed by atoms with Crippen LogP contribution in [0.3, 0.4) is 0 Å². The molecule has 1 N–H and O–H groups in total. The summed E-state index contributed by atoms with van der Waals surface area (Å²) >= 11 is 0. The zero-order valence-corrected chi connectivity index (χ0v) is 16.7. The first-order valence-electron chi connectivity index (χ1n) is 9.08. The topological polar surface area (TPSA) is 94.2 Å². The second-order valence-corrected chi connectivity index (χ2v) is 7.48. The number of hydrogen-bond donors (Lipinski definition) is 1.